The number of hydrogen-bond donors (Lipinski definition) is 0. The van der Waals surface area contributed by atoms with E-state index in [2.05, 4.69) is 5.10 Å². The number of benzene rings is 2. The molecule has 5 nitrogen and oxygen atoms in total. The molecule has 23 heavy (non-hydrogen) atoms. The smallest absolute Gasteiger partial charge is 0.343 e. The van der Waals surface area contributed by atoms with Gasteiger partial charge < -0.3 is 4.74 Å². The zero-order valence-electron chi connectivity index (χ0n) is 12.2. The van der Waals surface area contributed by atoms with Crippen molar-refractivity contribution in [2.45, 2.75) is 0 Å². The number of para-hydroxylation sites is 1. The van der Waals surface area contributed by atoms with Crippen molar-refractivity contribution in [2.75, 3.05) is 6.61 Å². The van der Waals surface area contributed by atoms with Gasteiger partial charge in [-0.3, -0.25) is 0 Å². The Kier molecular flexibility index (Phi) is 4.16. The molecule has 0 aliphatic heterocycles. The molecular formula is C18H13N3O2. The van der Waals surface area contributed by atoms with Crippen LogP contribution in [0.25, 0.3) is 16.9 Å². The number of carbonyl (C=O) groups excluding carboxylic acids is 1. The minimum Gasteiger partial charge on any atom is -0.447 e. The lowest BCUT2D eigenvalue weighted by molar-refractivity contribution is 0.0556. The summed E-state index contributed by atoms with van der Waals surface area (Å²) in [7, 11) is 0. The molecule has 3 rings (SSSR count). The number of nitrogens with zero attached hydrogens (tertiary/aromatic N) is 3. The third-order valence-electron chi connectivity index (χ3n) is 3.27. The molecule has 0 N–H and O–H groups in total. The van der Waals surface area contributed by atoms with E-state index in [9.17, 15) is 4.79 Å². The molecule has 0 amide bonds. The molecule has 1 aromatic heterocycles. The Balaban J connectivity index is 2.07. The molecule has 0 unspecified atom stereocenters. The van der Waals surface area contributed by atoms with Crippen LogP contribution >= 0.6 is 0 Å². The Morgan fingerprint density at radius 1 is 1.09 bits per heavy atom. The zero-order chi connectivity index (χ0) is 16.1. The van der Waals surface area contributed by atoms with Crippen molar-refractivity contribution >= 4 is 5.97 Å². The number of ether oxygens (including phenoxy) is 1. The Morgan fingerprint density at radius 2 is 1.74 bits per heavy atom. The van der Waals surface area contributed by atoms with Gasteiger partial charge in [-0.2, -0.15) is 10.4 Å². The molecular weight excluding hydrogens is 290 g/mol. The Bertz CT molecular complexity index is 849. The molecule has 5 heteroatoms. The summed E-state index contributed by atoms with van der Waals surface area (Å²) in [6.45, 7) is -0.288. The molecule has 0 bridgehead atoms. The molecule has 0 spiro atoms. The maximum atomic E-state index is 12.2. The van der Waals surface area contributed by atoms with E-state index in [1.54, 1.807) is 16.9 Å². The molecule has 0 radical (unpaired) electrons. The lowest BCUT2D eigenvalue weighted by atomic mass is 10.1. The molecule has 0 fully saturated rings. The Labute approximate surface area is 133 Å². The van der Waals surface area contributed by atoms with Gasteiger partial charge in [0.25, 0.3) is 0 Å². The van der Waals surface area contributed by atoms with Gasteiger partial charge in [0, 0.05) is 11.8 Å². The second-order valence-corrected chi connectivity index (χ2v) is 4.77. The highest BCUT2D eigenvalue weighted by Gasteiger charge is 2.19. The number of nitriles is 1. The van der Waals surface area contributed by atoms with Crippen LogP contribution in [0.4, 0.5) is 0 Å². The largest absolute Gasteiger partial charge is 0.447 e. The van der Waals surface area contributed by atoms with Crippen molar-refractivity contribution in [3.05, 3.63) is 72.4 Å². The van der Waals surface area contributed by atoms with E-state index in [0.717, 1.165) is 11.3 Å². The number of esters is 1. The monoisotopic (exact) mass is 303 g/mol. The highest BCUT2D eigenvalue weighted by atomic mass is 16.5. The van der Waals surface area contributed by atoms with Crippen LogP contribution in [0.5, 0.6) is 0 Å². The molecule has 2 aromatic carbocycles. The van der Waals surface area contributed by atoms with E-state index in [0.29, 0.717) is 11.3 Å². The summed E-state index contributed by atoms with van der Waals surface area (Å²) in [4.78, 5) is 12.2. The Morgan fingerprint density at radius 3 is 2.39 bits per heavy atom. The van der Waals surface area contributed by atoms with Crippen molar-refractivity contribution in [3.8, 4) is 23.0 Å². The first-order chi connectivity index (χ1) is 11.3. The van der Waals surface area contributed by atoms with Gasteiger partial charge in [0.1, 0.15) is 17.3 Å². The van der Waals surface area contributed by atoms with Gasteiger partial charge in [-0.05, 0) is 12.1 Å². The molecule has 0 saturated carbocycles. The summed E-state index contributed by atoms with van der Waals surface area (Å²) in [5.41, 5.74) is 2.50. The van der Waals surface area contributed by atoms with Crippen LogP contribution in [0.3, 0.4) is 0 Å². The molecule has 0 aliphatic rings. The molecule has 0 atom stereocenters. The molecule has 112 valence electrons. The zero-order valence-corrected chi connectivity index (χ0v) is 12.2. The maximum Gasteiger partial charge on any atom is 0.343 e. The van der Waals surface area contributed by atoms with Gasteiger partial charge in [0.15, 0.2) is 6.61 Å². The predicted octanol–water partition coefficient (Wildman–Crippen LogP) is 3.22. The fourth-order valence-electron chi connectivity index (χ4n) is 2.22. The fraction of sp³-hybridized carbons (Fsp3) is 0.0556. The molecule has 3 aromatic rings. The number of rotatable bonds is 4. The summed E-state index contributed by atoms with van der Waals surface area (Å²) in [5.74, 6) is -0.562. The van der Waals surface area contributed by atoms with Crippen molar-refractivity contribution in [3.63, 3.8) is 0 Å². The van der Waals surface area contributed by atoms with E-state index < -0.39 is 5.97 Å². The highest BCUT2D eigenvalue weighted by Crippen LogP contribution is 2.24. The third-order valence-corrected chi connectivity index (χ3v) is 3.27. The van der Waals surface area contributed by atoms with E-state index in [4.69, 9.17) is 10.00 Å². The SMILES string of the molecule is N#CCOC(=O)c1cn(-c2ccccc2)nc1-c1ccccc1. The normalized spacial score (nSPS) is 10.0. The number of carbonyl (C=O) groups is 1. The highest BCUT2D eigenvalue weighted by molar-refractivity contribution is 5.96. The summed E-state index contributed by atoms with van der Waals surface area (Å²) < 4.78 is 6.57. The quantitative estimate of drug-likeness (QED) is 0.694. The van der Waals surface area contributed by atoms with Gasteiger partial charge in [0.2, 0.25) is 0 Å². The average Bonchev–Trinajstić information content (AvgIpc) is 3.07. The third kappa shape index (κ3) is 3.11. The van der Waals surface area contributed by atoms with E-state index in [1.807, 2.05) is 60.7 Å². The van der Waals surface area contributed by atoms with Gasteiger partial charge in [0.05, 0.1) is 5.69 Å². The van der Waals surface area contributed by atoms with Gasteiger partial charge in [-0.1, -0.05) is 48.5 Å². The second kappa shape index (κ2) is 6.58. The van der Waals surface area contributed by atoms with Crippen LogP contribution in [-0.4, -0.2) is 22.4 Å². The number of hydrogen-bond acceptors (Lipinski definition) is 4. The topological polar surface area (TPSA) is 67.9 Å². The fourth-order valence-corrected chi connectivity index (χ4v) is 2.22. The van der Waals surface area contributed by atoms with Crippen LogP contribution < -0.4 is 0 Å². The van der Waals surface area contributed by atoms with Crippen molar-refractivity contribution in [1.82, 2.24) is 9.78 Å². The summed E-state index contributed by atoms with van der Waals surface area (Å²) in [6.07, 6.45) is 1.62. The summed E-state index contributed by atoms with van der Waals surface area (Å²) in [5, 5.41) is 13.1. The van der Waals surface area contributed by atoms with Crippen LogP contribution in [0.1, 0.15) is 10.4 Å². The summed E-state index contributed by atoms with van der Waals surface area (Å²) >= 11 is 0. The minimum absolute atomic E-state index is 0.288. The maximum absolute atomic E-state index is 12.2. The number of aromatic nitrogens is 2. The van der Waals surface area contributed by atoms with E-state index >= 15 is 0 Å². The predicted molar refractivity (Wildman–Crippen MR) is 84.9 cm³/mol. The Hall–Kier alpha value is -3.39. The average molecular weight is 303 g/mol. The molecule has 0 saturated heterocycles. The first-order valence-corrected chi connectivity index (χ1v) is 7.04. The van der Waals surface area contributed by atoms with E-state index in [-0.39, 0.29) is 6.61 Å². The molecule has 0 aliphatic carbocycles. The lowest BCUT2D eigenvalue weighted by Crippen LogP contribution is -2.05. The lowest BCUT2D eigenvalue weighted by Gasteiger charge is -2.01. The molecule has 1 heterocycles. The van der Waals surface area contributed by atoms with Crippen molar-refractivity contribution in [2.24, 2.45) is 0 Å². The second-order valence-electron chi connectivity index (χ2n) is 4.77. The van der Waals surface area contributed by atoms with Crippen molar-refractivity contribution < 1.29 is 9.53 Å². The van der Waals surface area contributed by atoms with Crippen LogP contribution in [0.2, 0.25) is 0 Å². The van der Waals surface area contributed by atoms with E-state index in [1.165, 1.54) is 0 Å². The van der Waals surface area contributed by atoms with Crippen LogP contribution in [0.15, 0.2) is 66.9 Å². The van der Waals surface area contributed by atoms with Crippen LogP contribution in [-0.2, 0) is 4.74 Å². The van der Waals surface area contributed by atoms with Crippen molar-refractivity contribution in [1.29, 1.82) is 5.26 Å². The minimum atomic E-state index is -0.562. The van der Waals surface area contributed by atoms with Gasteiger partial charge in [-0.15, -0.1) is 0 Å². The van der Waals surface area contributed by atoms with Gasteiger partial charge in [-0.25, -0.2) is 9.48 Å². The first kappa shape index (κ1) is 14.5. The standard InChI is InChI=1S/C18H13N3O2/c19-11-12-23-18(22)16-13-21(15-9-5-2-6-10-15)20-17(16)14-7-3-1-4-8-14/h1-10,13H,12H2. The summed E-state index contributed by atoms with van der Waals surface area (Å²) in [6, 6.07) is 20.7. The van der Waals surface area contributed by atoms with Gasteiger partial charge >= 0.3 is 5.97 Å². The van der Waals surface area contributed by atoms with Crippen LogP contribution in [0, 0.1) is 11.3 Å². The first-order valence-electron chi connectivity index (χ1n) is 7.04.